The van der Waals surface area contributed by atoms with Crippen LogP contribution in [0.2, 0.25) is 0 Å². The summed E-state index contributed by atoms with van der Waals surface area (Å²) in [5, 5.41) is 0. The molecule has 76 valence electrons. The van der Waals surface area contributed by atoms with E-state index in [1.54, 1.807) is 13.2 Å². The fourth-order valence-corrected chi connectivity index (χ4v) is 1.38. The summed E-state index contributed by atoms with van der Waals surface area (Å²) in [6.07, 6.45) is 3.11. The first-order valence-electron chi connectivity index (χ1n) is 4.77. The van der Waals surface area contributed by atoms with Gasteiger partial charge < -0.3 is 4.74 Å². The van der Waals surface area contributed by atoms with E-state index in [2.05, 4.69) is 0 Å². The van der Waals surface area contributed by atoms with Gasteiger partial charge in [-0.25, -0.2) is 0 Å². The molecule has 0 saturated carbocycles. The van der Waals surface area contributed by atoms with Gasteiger partial charge in [-0.15, -0.1) is 0 Å². The molecule has 0 aromatic carbocycles. The predicted molar refractivity (Wildman–Crippen MR) is 54.8 cm³/mol. The lowest BCUT2D eigenvalue weighted by molar-refractivity contribution is -0.136. The SMILES string of the molecule is CCC(CC)(OC)C(=O)C=C(C)C. The molecule has 0 radical (unpaired) electrons. The molecule has 13 heavy (non-hydrogen) atoms. The zero-order valence-corrected chi connectivity index (χ0v) is 9.31. The largest absolute Gasteiger partial charge is 0.370 e. The quantitative estimate of drug-likeness (QED) is 0.614. The van der Waals surface area contributed by atoms with E-state index in [4.69, 9.17) is 4.74 Å². The maximum absolute atomic E-state index is 11.8. The van der Waals surface area contributed by atoms with Gasteiger partial charge in [0.05, 0.1) is 0 Å². The van der Waals surface area contributed by atoms with Crippen LogP contribution >= 0.6 is 0 Å². The molecule has 0 unspecified atom stereocenters. The average molecular weight is 184 g/mol. The monoisotopic (exact) mass is 184 g/mol. The fourth-order valence-electron chi connectivity index (χ4n) is 1.38. The van der Waals surface area contributed by atoms with E-state index in [9.17, 15) is 4.79 Å². The molecule has 0 aliphatic heterocycles. The van der Waals surface area contributed by atoms with Crippen LogP contribution in [-0.4, -0.2) is 18.5 Å². The highest BCUT2D eigenvalue weighted by Crippen LogP contribution is 2.21. The normalized spacial score (nSPS) is 11.2. The van der Waals surface area contributed by atoms with Crippen LogP contribution in [0, 0.1) is 0 Å². The minimum Gasteiger partial charge on any atom is -0.370 e. The Hall–Kier alpha value is -0.630. The number of carbonyl (C=O) groups is 1. The second-order valence-electron chi connectivity index (χ2n) is 3.49. The fraction of sp³-hybridized carbons (Fsp3) is 0.727. The number of rotatable bonds is 5. The Kier molecular flexibility index (Phi) is 4.92. The molecule has 0 N–H and O–H groups in total. The van der Waals surface area contributed by atoms with E-state index in [1.807, 2.05) is 27.7 Å². The summed E-state index contributed by atoms with van der Waals surface area (Å²) in [4.78, 5) is 11.8. The summed E-state index contributed by atoms with van der Waals surface area (Å²) in [5.41, 5.74) is 0.422. The van der Waals surface area contributed by atoms with Crippen LogP contribution in [0.5, 0.6) is 0 Å². The summed E-state index contributed by atoms with van der Waals surface area (Å²) in [6.45, 7) is 7.79. The Balaban J connectivity index is 4.74. The summed E-state index contributed by atoms with van der Waals surface area (Å²) in [7, 11) is 1.60. The van der Waals surface area contributed by atoms with E-state index in [0.29, 0.717) is 0 Å². The zero-order chi connectivity index (χ0) is 10.5. The zero-order valence-electron chi connectivity index (χ0n) is 9.31. The van der Waals surface area contributed by atoms with E-state index >= 15 is 0 Å². The third-order valence-electron chi connectivity index (χ3n) is 2.40. The molecule has 2 nitrogen and oxygen atoms in total. The van der Waals surface area contributed by atoms with E-state index in [-0.39, 0.29) is 5.78 Å². The Morgan fingerprint density at radius 2 is 1.77 bits per heavy atom. The molecule has 0 atom stereocenters. The molecule has 0 aliphatic rings. The van der Waals surface area contributed by atoms with Gasteiger partial charge in [0.15, 0.2) is 5.78 Å². The predicted octanol–water partition coefficient (Wildman–Crippen LogP) is 2.73. The maximum Gasteiger partial charge on any atom is 0.187 e. The molecule has 0 fully saturated rings. The van der Waals surface area contributed by atoms with E-state index in [1.165, 1.54) is 0 Å². The van der Waals surface area contributed by atoms with Crippen LogP contribution < -0.4 is 0 Å². The highest BCUT2D eigenvalue weighted by molar-refractivity contribution is 5.97. The number of hydrogen-bond donors (Lipinski definition) is 0. The molecule has 2 heteroatoms. The first kappa shape index (κ1) is 12.4. The van der Waals surface area contributed by atoms with E-state index in [0.717, 1.165) is 18.4 Å². The van der Waals surface area contributed by atoms with Crippen molar-refractivity contribution in [1.29, 1.82) is 0 Å². The van der Waals surface area contributed by atoms with E-state index < -0.39 is 5.60 Å². The van der Waals surface area contributed by atoms with Gasteiger partial charge in [0.2, 0.25) is 0 Å². The van der Waals surface area contributed by atoms with Gasteiger partial charge in [0.25, 0.3) is 0 Å². The molecule has 0 heterocycles. The molecule has 0 saturated heterocycles. The van der Waals surface area contributed by atoms with Gasteiger partial charge in [-0.05, 0) is 32.8 Å². The molecule has 0 rings (SSSR count). The summed E-state index contributed by atoms with van der Waals surface area (Å²) in [5.74, 6) is 0.0833. The molecule has 0 bridgehead atoms. The van der Waals surface area contributed by atoms with Crippen LogP contribution in [0.25, 0.3) is 0 Å². The number of carbonyl (C=O) groups excluding carboxylic acids is 1. The van der Waals surface area contributed by atoms with Crippen molar-refractivity contribution in [1.82, 2.24) is 0 Å². The van der Waals surface area contributed by atoms with Crippen LogP contribution in [0.15, 0.2) is 11.6 Å². The van der Waals surface area contributed by atoms with Crippen LogP contribution in [0.3, 0.4) is 0 Å². The lowest BCUT2D eigenvalue weighted by Gasteiger charge is -2.27. The molecule has 0 aromatic rings. The van der Waals surface area contributed by atoms with Crippen molar-refractivity contribution in [2.24, 2.45) is 0 Å². The highest BCUT2D eigenvalue weighted by atomic mass is 16.5. The smallest absolute Gasteiger partial charge is 0.187 e. The second kappa shape index (κ2) is 5.18. The minimum absolute atomic E-state index is 0.0833. The van der Waals surface area contributed by atoms with Gasteiger partial charge in [0, 0.05) is 7.11 Å². The number of hydrogen-bond acceptors (Lipinski definition) is 2. The number of allylic oxidation sites excluding steroid dienone is 1. The van der Waals surface area contributed by atoms with Crippen molar-refractivity contribution in [2.75, 3.05) is 7.11 Å². The number of ketones is 1. The van der Waals surface area contributed by atoms with Gasteiger partial charge in [0.1, 0.15) is 5.60 Å². The number of ether oxygens (including phenoxy) is 1. The third-order valence-corrected chi connectivity index (χ3v) is 2.40. The Bertz CT molecular complexity index is 188. The van der Waals surface area contributed by atoms with Crippen LogP contribution in [0.4, 0.5) is 0 Å². The van der Waals surface area contributed by atoms with Crippen molar-refractivity contribution in [2.45, 2.75) is 46.1 Å². The molecule has 0 aromatic heterocycles. The summed E-state index contributed by atoms with van der Waals surface area (Å²) < 4.78 is 5.30. The topological polar surface area (TPSA) is 26.3 Å². The first-order valence-corrected chi connectivity index (χ1v) is 4.77. The van der Waals surface area contributed by atoms with Crippen molar-refractivity contribution < 1.29 is 9.53 Å². The Morgan fingerprint density at radius 1 is 1.31 bits per heavy atom. The highest BCUT2D eigenvalue weighted by Gasteiger charge is 2.32. The summed E-state index contributed by atoms with van der Waals surface area (Å²) >= 11 is 0. The molecule has 0 spiro atoms. The van der Waals surface area contributed by atoms with Gasteiger partial charge in [-0.1, -0.05) is 19.4 Å². The van der Waals surface area contributed by atoms with Gasteiger partial charge >= 0.3 is 0 Å². The van der Waals surface area contributed by atoms with Gasteiger partial charge in [-0.3, -0.25) is 4.79 Å². The lowest BCUT2D eigenvalue weighted by Crippen LogP contribution is -2.38. The molecule has 0 aliphatic carbocycles. The number of methoxy groups -OCH3 is 1. The second-order valence-corrected chi connectivity index (χ2v) is 3.49. The molecular weight excluding hydrogens is 164 g/mol. The molecule has 0 amide bonds. The average Bonchev–Trinajstić information content (AvgIpc) is 2.07. The minimum atomic E-state index is -0.600. The Labute approximate surface area is 81.0 Å². The van der Waals surface area contributed by atoms with Crippen LogP contribution in [0.1, 0.15) is 40.5 Å². The van der Waals surface area contributed by atoms with Crippen LogP contribution in [-0.2, 0) is 9.53 Å². The lowest BCUT2D eigenvalue weighted by atomic mass is 9.91. The molecular formula is C11H20O2. The maximum atomic E-state index is 11.8. The standard InChI is InChI=1S/C11H20O2/c1-6-11(7-2,13-5)10(12)8-9(3)4/h8H,6-7H2,1-5H3. The van der Waals surface area contributed by atoms with Crippen molar-refractivity contribution in [3.8, 4) is 0 Å². The summed E-state index contributed by atoms with van der Waals surface area (Å²) in [6, 6.07) is 0. The first-order chi connectivity index (χ1) is 6.02. The van der Waals surface area contributed by atoms with Crippen molar-refractivity contribution in [3.05, 3.63) is 11.6 Å². The Morgan fingerprint density at radius 3 is 2.00 bits per heavy atom. The third kappa shape index (κ3) is 2.96. The van der Waals surface area contributed by atoms with Crippen molar-refractivity contribution in [3.63, 3.8) is 0 Å². The van der Waals surface area contributed by atoms with Crippen molar-refractivity contribution >= 4 is 5.78 Å². The van der Waals surface area contributed by atoms with Gasteiger partial charge in [-0.2, -0.15) is 0 Å².